The number of ether oxygens (including phenoxy) is 1. The van der Waals surface area contributed by atoms with Crippen LogP contribution in [0.2, 0.25) is 0 Å². The Balaban J connectivity index is 1.89. The van der Waals surface area contributed by atoms with Crippen LogP contribution in [0.1, 0.15) is 40.0 Å². The van der Waals surface area contributed by atoms with Gasteiger partial charge in [0.25, 0.3) is 0 Å². The van der Waals surface area contributed by atoms with E-state index >= 15 is 0 Å². The van der Waals surface area contributed by atoms with Crippen LogP contribution in [-0.2, 0) is 14.3 Å². The van der Waals surface area contributed by atoms with Gasteiger partial charge in [0, 0.05) is 11.8 Å². The molecule has 0 unspecified atom stereocenters. The Morgan fingerprint density at radius 2 is 2.00 bits per heavy atom. The van der Waals surface area contributed by atoms with Crippen molar-refractivity contribution in [2.45, 2.75) is 51.7 Å². The molecular formula is C20H26O3. The third-order valence-electron chi connectivity index (χ3n) is 7.07. The Labute approximate surface area is 138 Å². The lowest BCUT2D eigenvalue weighted by atomic mass is 9.59. The summed E-state index contributed by atoms with van der Waals surface area (Å²) < 4.78 is 6.42. The second-order valence-corrected chi connectivity index (χ2v) is 8.36. The predicted octanol–water partition coefficient (Wildman–Crippen LogP) is 3.34. The second-order valence-electron chi connectivity index (χ2n) is 8.36. The van der Waals surface area contributed by atoms with Gasteiger partial charge in [-0.1, -0.05) is 38.2 Å². The number of ketones is 2. The van der Waals surface area contributed by atoms with Crippen molar-refractivity contribution < 1.29 is 14.3 Å². The fourth-order valence-corrected chi connectivity index (χ4v) is 6.10. The molecule has 4 rings (SSSR count). The van der Waals surface area contributed by atoms with Crippen molar-refractivity contribution in [2.24, 2.45) is 35.5 Å². The van der Waals surface area contributed by atoms with Crippen molar-refractivity contribution in [3.8, 4) is 0 Å². The van der Waals surface area contributed by atoms with Crippen LogP contribution in [0.25, 0.3) is 0 Å². The van der Waals surface area contributed by atoms with Crippen molar-refractivity contribution in [3.63, 3.8) is 0 Å². The molecule has 2 bridgehead atoms. The maximum atomic E-state index is 13.1. The Kier molecular flexibility index (Phi) is 3.10. The molecule has 0 aromatic rings. The summed E-state index contributed by atoms with van der Waals surface area (Å²) in [6.07, 6.45) is 2.42. The lowest BCUT2D eigenvalue weighted by molar-refractivity contribution is -0.176. The van der Waals surface area contributed by atoms with Crippen molar-refractivity contribution in [1.29, 1.82) is 0 Å². The molecule has 2 heterocycles. The minimum absolute atomic E-state index is 0.0828. The summed E-state index contributed by atoms with van der Waals surface area (Å²) in [5.41, 5.74) is 1.44. The van der Waals surface area contributed by atoms with Crippen LogP contribution < -0.4 is 0 Å². The SMILES string of the molecule is C=C1CC[C@H](C(=C)C)[C@H]2[C@H]3O[C@]4(C[C@H](C)C(=O)[C@H]4[C@H]12)C(=O)[C@H]3C. The predicted molar refractivity (Wildman–Crippen MR) is 87.7 cm³/mol. The number of allylic oxidation sites excluding steroid dienone is 2. The average Bonchev–Trinajstić information content (AvgIpc) is 2.87. The second kappa shape index (κ2) is 4.66. The van der Waals surface area contributed by atoms with E-state index in [1.807, 2.05) is 13.8 Å². The topological polar surface area (TPSA) is 43.4 Å². The summed E-state index contributed by atoms with van der Waals surface area (Å²) in [7, 11) is 0. The molecule has 0 aromatic carbocycles. The van der Waals surface area contributed by atoms with E-state index in [-0.39, 0.29) is 47.3 Å². The third kappa shape index (κ3) is 1.69. The van der Waals surface area contributed by atoms with E-state index in [0.29, 0.717) is 12.3 Å². The van der Waals surface area contributed by atoms with Gasteiger partial charge in [-0.3, -0.25) is 9.59 Å². The van der Waals surface area contributed by atoms with Gasteiger partial charge in [-0.2, -0.15) is 0 Å². The van der Waals surface area contributed by atoms with Crippen molar-refractivity contribution >= 4 is 11.6 Å². The average molecular weight is 314 g/mol. The van der Waals surface area contributed by atoms with E-state index in [0.717, 1.165) is 24.0 Å². The highest BCUT2D eigenvalue weighted by molar-refractivity contribution is 6.02. The molecule has 0 radical (unpaired) electrons. The minimum Gasteiger partial charge on any atom is -0.362 e. The van der Waals surface area contributed by atoms with E-state index in [4.69, 9.17) is 4.74 Å². The molecule has 0 N–H and O–H groups in total. The van der Waals surface area contributed by atoms with E-state index in [9.17, 15) is 9.59 Å². The number of Topliss-reactive ketones (excluding diaryl/α,β-unsaturated/α-hetero) is 2. The fourth-order valence-electron chi connectivity index (χ4n) is 6.10. The standard InChI is InChI=1S/C20H26O3/c1-9(2)13-7-6-10(3)14-15(13)18-12(5)19(22)20(23-18)8-11(4)17(21)16(14)20/h11-16,18H,1,3,6-8H2,2,4-5H3/t11-,12-,13+,14+,15+,16+,18-,20-/m0/s1. The van der Waals surface area contributed by atoms with Gasteiger partial charge >= 0.3 is 0 Å². The Morgan fingerprint density at radius 1 is 1.30 bits per heavy atom. The molecule has 3 heteroatoms. The first-order valence-electron chi connectivity index (χ1n) is 8.88. The molecule has 1 spiro atoms. The molecule has 3 nitrogen and oxygen atoms in total. The quantitative estimate of drug-likeness (QED) is 0.697. The summed E-state index contributed by atoms with van der Waals surface area (Å²) >= 11 is 0. The normalized spacial score (nSPS) is 51.6. The molecule has 2 aliphatic heterocycles. The smallest absolute Gasteiger partial charge is 0.170 e. The number of carbonyl (C=O) groups is 2. The molecule has 0 amide bonds. The van der Waals surface area contributed by atoms with Crippen LogP contribution >= 0.6 is 0 Å². The Morgan fingerprint density at radius 3 is 2.65 bits per heavy atom. The number of carbonyl (C=O) groups excluding carboxylic acids is 2. The van der Waals surface area contributed by atoms with E-state index in [1.165, 1.54) is 0 Å². The van der Waals surface area contributed by atoms with Gasteiger partial charge in [0.15, 0.2) is 5.78 Å². The number of hydrogen-bond donors (Lipinski definition) is 0. The summed E-state index contributed by atoms with van der Waals surface area (Å²) in [5, 5.41) is 0. The van der Waals surface area contributed by atoms with Gasteiger partial charge in [-0.05, 0) is 43.9 Å². The molecule has 0 aromatic heterocycles. The van der Waals surface area contributed by atoms with Gasteiger partial charge < -0.3 is 4.74 Å². The molecule has 8 atom stereocenters. The summed E-state index contributed by atoms with van der Waals surface area (Å²) in [5.74, 6) is 0.441. The highest BCUT2D eigenvalue weighted by atomic mass is 16.5. The zero-order valence-electron chi connectivity index (χ0n) is 14.3. The third-order valence-corrected chi connectivity index (χ3v) is 7.07. The lowest BCUT2D eigenvalue weighted by Crippen LogP contribution is -2.55. The first-order valence-corrected chi connectivity index (χ1v) is 8.88. The van der Waals surface area contributed by atoms with Crippen LogP contribution in [-0.4, -0.2) is 23.3 Å². The number of fused-ring (bicyclic) bond motifs is 4. The van der Waals surface area contributed by atoms with Gasteiger partial charge in [-0.15, -0.1) is 0 Å². The van der Waals surface area contributed by atoms with E-state index in [2.05, 4.69) is 20.1 Å². The molecule has 2 saturated heterocycles. The van der Waals surface area contributed by atoms with E-state index in [1.54, 1.807) is 0 Å². The zero-order chi connectivity index (χ0) is 16.7. The van der Waals surface area contributed by atoms with Gasteiger partial charge in [0.2, 0.25) is 0 Å². The van der Waals surface area contributed by atoms with Crippen molar-refractivity contribution in [2.75, 3.05) is 0 Å². The first-order chi connectivity index (χ1) is 10.8. The monoisotopic (exact) mass is 314 g/mol. The first kappa shape index (κ1) is 15.3. The molecule has 2 saturated carbocycles. The van der Waals surface area contributed by atoms with Gasteiger partial charge in [0.1, 0.15) is 11.4 Å². The summed E-state index contributed by atoms with van der Waals surface area (Å²) in [4.78, 5) is 26.0. The maximum absolute atomic E-state index is 13.1. The molecule has 124 valence electrons. The molecule has 4 aliphatic rings. The molecule has 23 heavy (non-hydrogen) atoms. The largest absolute Gasteiger partial charge is 0.362 e. The van der Waals surface area contributed by atoms with Crippen LogP contribution in [0.3, 0.4) is 0 Å². The van der Waals surface area contributed by atoms with Crippen molar-refractivity contribution in [1.82, 2.24) is 0 Å². The molecule has 2 aliphatic carbocycles. The molecule has 4 fully saturated rings. The van der Waals surface area contributed by atoms with Gasteiger partial charge in [0.05, 0.1) is 12.0 Å². The number of hydrogen-bond acceptors (Lipinski definition) is 3. The Hall–Kier alpha value is -1.22. The highest BCUT2D eigenvalue weighted by Gasteiger charge is 2.72. The van der Waals surface area contributed by atoms with Crippen LogP contribution in [0, 0.1) is 35.5 Å². The highest BCUT2D eigenvalue weighted by Crippen LogP contribution is 2.63. The fraction of sp³-hybridized carbons (Fsp3) is 0.700. The Bertz CT molecular complexity index is 633. The molecular weight excluding hydrogens is 288 g/mol. The maximum Gasteiger partial charge on any atom is 0.170 e. The minimum atomic E-state index is -0.859. The van der Waals surface area contributed by atoms with E-state index < -0.39 is 5.60 Å². The lowest BCUT2D eigenvalue weighted by Gasteiger charge is -2.51. The van der Waals surface area contributed by atoms with Crippen LogP contribution in [0.5, 0.6) is 0 Å². The summed E-state index contributed by atoms with van der Waals surface area (Å²) in [6, 6.07) is 0. The summed E-state index contributed by atoms with van der Waals surface area (Å²) in [6.45, 7) is 14.5. The number of rotatable bonds is 1. The zero-order valence-corrected chi connectivity index (χ0v) is 14.3. The van der Waals surface area contributed by atoms with Gasteiger partial charge in [-0.25, -0.2) is 0 Å². The van der Waals surface area contributed by atoms with Crippen LogP contribution in [0.4, 0.5) is 0 Å². The van der Waals surface area contributed by atoms with Crippen LogP contribution in [0.15, 0.2) is 24.3 Å². The van der Waals surface area contributed by atoms with Crippen molar-refractivity contribution in [3.05, 3.63) is 24.3 Å².